The number of rotatable bonds is 5. The Kier molecular flexibility index (Phi) is 5.62. The fraction of sp³-hybridized carbons (Fsp3) is 0.0800. The summed E-state index contributed by atoms with van der Waals surface area (Å²) in [6, 6.07) is 24.2. The first kappa shape index (κ1) is 21.8. The van der Waals surface area contributed by atoms with Gasteiger partial charge in [0.1, 0.15) is 0 Å². The van der Waals surface area contributed by atoms with Gasteiger partial charge in [-0.3, -0.25) is 4.79 Å². The van der Waals surface area contributed by atoms with Gasteiger partial charge in [-0.05, 0) is 34.9 Å². The number of carbonyl (C=O) groups excluding carboxylic acids is 1. The molecule has 5 aromatic rings. The third-order valence-corrected chi connectivity index (χ3v) is 6.25. The first-order valence-electron chi connectivity index (χ1n) is 10.3. The van der Waals surface area contributed by atoms with Crippen molar-refractivity contribution in [2.75, 3.05) is 0 Å². The molecule has 0 aliphatic carbocycles. The Bertz CT molecular complexity index is 1440. The molecule has 3 aromatic carbocycles. The zero-order valence-electron chi connectivity index (χ0n) is 17.6. The lowest BCUT2D eigenvalue weighted by Crippen LogP contribution is -2.26. The number of nitrogens with one attached hydrogen (secondary N) is 1. The van der Waals surface area contributed by atoms with Gasteiger partial charge in [-0.1, -0.05) is 72.0 Å². The second kappa shape index (κ2) is 8.75. The number of hydrogen-bond acceptors (Lipinski definition) is 4. The van der Waals surface area contributed by atoms with E-state index < -0.39 is 23.3 Å². The number of fused-ring (bicyclic) bond motifs is 1. The van der Waals surface area contributed by atoms with Crippen LogP contribution in [-0.2, 0) is 12.7 Å². The minimum absolute atomic E-state index is 0.0446. The van der Waals surface area contributed by atoms with Crippen LogP contribution in [0.3, 0.4) is 0 Å². The summed E-state index contributed by atoms with van der Waals surface area (Å²) < 4.78 is 43.4. The summed E-state index contributed by atoms with van der Waals surface area (Å²) >= 11 is 1.07. The second-order valence-electron chi connectivity index (χ2n) is 7.53. The predicted octanol–water partition coefficient (Wildman–Crippen LogP) is 6.10. The maximum absolute atomic E-state index is 14.0. The van der Waals surface area contributed by atoms with Crippen LogP contribution >= 0.6 is 11.3 Å². The largest absolute Gasteiger partial charge is 0.434 e. The number of amides is 1. The highest BCUT2D eigenvalue weighted by atomic mass is 32.1. The Hall–Kier alpha value is -3.98. The van der Waals surface area contributed by atoms with Crippen LogP contribution in [-0.4, -0.2) is 20.7 Å². The van der Waals surface area contributed by atoms with Gasteiger partial charge < -0.3 is 5.32 Å². The number of benzene rings is 3. The van der Waals surface area contributed by atoms with E-state index in [4.69, 9.17) is 0 Å². The first-order valence-corrected chi connectivity index (χ1v) is 11.2. The van der Waals surface area contributed by atoms with E-state index in [0.29, 0.717) is 10.2 Å². The molecule has 0 atom stereocenters. The van der Waals surface area contributed by atoms with Crippen molar-refractivity contribution in [3.63, 3.8) is 0 Å². The molecule has 9 heteroatoms. The molecule has 1 N–H and O–H groups in total. The summed E-state index contributed by atoms with van der Waals surface area (Å²) in [6.07, 6.45) is -3.86. The monoisotopic (exact) mass is 478 g/mol. The van der Waals surface area contributed by atoms with Crippen molar-refractivity contribution in [2.24, 2.45) is 0 Å². The van der Waals surface area contributed by atoms with Crippen LogP contribution < -0.4 is 5.32 Å². The summed E-state index contributed by atoms with van der Waals surface area (Å²) in [6.45, 7) is 0.0725. The van der Waals surface area contributed by atoms with Crippen LogP contribution in [0, 0.1) is 0 Å². The number of nitrogens with zero attached hydrogens (tertiary/aromatic N) is 3. The van der Waals surface area contributed by atoms with E-state index in [1.807, 2.05) is 54.6 Å². The van der Waals surface area contributed by atoms with Crippen molar-refractivity contribution in [1.29, 1.82) is 0 Å². The molecule has 1 amide bonds. The van der Waals surface area contributed by atoms with Crippen molar-refractivity contribution in [3.05, 3.63) is 102 Å². The summed E-state index contributed by atoms with van der Waals surface area (Å²) in [5, 5.41) is 6.49. The highest BCUT2D eigenvalue weighted by Gasteiger charge is 2.41. The van der Waals surface area contributed by atoms with E-state index in [1.54, 1.807) is 24.3 Å². The fourth-order valence-electron chi connectivity index (χ4n) is 3.65. The molecule has 0 spiro atoms. The summed E-state index contributed by atoms with van der Waals surface area (Å²) in [4.78, 5) is 17.0. The Morgan fingerprint density at radius 3 is 2.44 bits per heavy atom. The van der Waals surface area contributed by atoms with Crippen molar-refractivity contribution in [2.45, 2.75) is 12.7 Å². The van der Waals surface area contributed by atoms with Crippen LogP contribution in [0.25, 0.3) is 26.5 Å². The molecule has 0 aliphatic heterocycles. The van der Waals surface area contributed by atoms with Crippen LogP contribution in [0.4, 0.5) is 13.2 Å². The molecular weight excluding hydrogens is 461 g/mol. The lowest BCUT2D eigenvalue weighted by molar-refractivity contribution is -0.143. The maximum atomic E-state index is 14.0. The number of halogens is 3. The minimum Gasteiger partial charge on any atom is -0.348 e. The molecule has 0 bridgehead atoms. The third-order valence-electron chi connectivity index (χ3n) is 5.23. The van der Waals surface area contributed by atoms with E-state index in [1.165, 1.54) is 0 Å². The summed E-state index contributed by atoms with van der Waals surface area (Å²) in [5.74, 6) is -0.857. The summed E-state index contributed by atoms with van der Waals surface area (Å²) in [5.41, 5.74) is 1.59. The molecule has 0 aliphatic rings. The lowest BCUT2D eigenvalue weighted by atomic mass is 10.0. The number of alkyl halides is 3. The maximum Gasteiger partial charge on any atom is 0.434 e. The minimum atomic E-state index is -4.80. The number of para-hydroxylation sites is 1. The van der Waals surface area contributed by atoms with Crippen LogP contribution in [0.15, 0.2) is 85.1 Å². The Balaban J connectivity index is 1.41. The van der Waals surface area contributed by atoms with Crippen molar-refractivity contribution in [1.82, 2.24) is 20.1 Å². The van der Waals surface area contributed by atoms with Gasteiger partial charge in [-0.15, -0.1) is 0 Å². The molecule has 0 fully saturated rings. The topological polar surface area (TPSA) is 59.8 Å². The number of thiazole rings is 1. The molecule has 5 rings (SSSR count). The van der Waals surface area contributed by atoms with Crippen molar-refractivity contribution in [3.8, 4) is 16.3 Å². The highest BCUT2D eigenvalue weighted by molar-refractivity contribution is 7.20. The molecule has 5 nitrogen and oxygen atoms in total. The van der Waals surface area contributed by atoms with Crippen molar-refractivity contribution >= 4 is 27.5 Å². The van der Waals surface area contributed by atoms with Crippen LogP contribution in [0.5, 0.6) is 0 Å². The molecule has 2 heterocycles. The molecule has 2 aromatic heterocycles. The zero-order valence-corrected chi connectivity index (χ0v) is 18.4. The van der Waals surface area contributed by atoms with E-state index in [0.717, 1.165) is 38.9 Å². The predicted molar refractivity (Wildman–Crippen MR) is 125 cm³/mol. The Morgan fingerprint density at radius 2 is 1.68 bits per heavy atom. The molecule has 34 heavy (non-hydrogen) atoms. The van der Waals surface area contributed by atoms with Gasteiger partial charge in [0.2, 0.25) is 5.13 Å². The Morgan fingerprint density at radius 1 is 0.941 bits per heavy atom. The zero-order chi connectivity index (χ0) is 23.7. The Labute approximate surface area is 196 Å². The molecule has 170 valence electrons. The van der Waals surface area contributed by atoms with E-state index in [-0.39, 0.29) is 11.7 Å². The van der Waals surface area contributed by atoms with E-state index in [2.05, 4.69) is 15.4 Å². The fourth-order valence-corrected chi connectivity index (χ4v) is 4.58. The van der Waals surface area contributed by atoms with E-state index >= 15 is 0 Å². The van der Waals surface area contributed by atoms with Crippen molar-refractivity contribution < 1.29 is 18.0 Å². The number of hydrogen-bond donors (Lipinski definition) is 1. The van der Waals surface area contributed by atoms with Crippen LogP contribution in [0.2, 0.25) is 0 Å². The first-order chi connectivity index (χ1) is 16.4. The average Bonchev–Trinajstić information content (AvgIpc) is 3.48. The second-order valence-corrected chi connectivity index (χ2v) is 8.54. The number of carbonyl (C=O) groups is 1. The lowest BCUT2D eigenvalue weighted by Gasteiger charge is -2.11. The van der Waals surface area contributed by atoms with E-state index in [9.17, 15) is 18.0 Å². The SMILES string of the molecule is O=C(NCc1cccc(-c2ccccc2)c1)c1cnn(-c2nc3ccccc3s2)c1C(F)(F)F. The van der Waals surface area contributed by atoms with Gasteiger partial charge in [0.05, 0.1) is 22.0 Å². The third kappa shape index (κ3) is 4.29. The van der Waals surface area contributed by atoms with Crippen LogP contribution in [0.1, 0.15) is 21.6 Å². The number of aromatic nitrogens is 3. The molecule has 0 unspecified atom stereocenters. The van der Waals surface area contributed by atoms with Gasteiger partial charge in [-0.25, -0.2) is 9.67 Å². The smallest absolute Gasteiger partial charge is 0.348 e. The highest BCUT2D eigenvalue weighted by Crippen LogP contribution is 2.35. The molecule has 0 radical (unpaired) electrons. The van der Waals surface area contributed by atoms with Gasteiger partial charge >= 0.3 is 6.18 Å². The van der Waals surface area contributed by atoms with Gasteiger partial charge in [0.25, 0.3) is 5.91 Å². The molecule has 0 saturated heterocycles. The molecule has 0 saturated carbocycles. The summed E-state index contributed by atoms with van der Waals surface area (Å²) in [7, 11) is 0. The quantitative estimate of drug-likeness (QED) is 0.332. The molecular formula is C25H17F3N4OS. The standard InChI is InChI=1S/C25H17F3N4OS/c26-25(27,28)22-19(15-30-32(22)24-31-20-11-4-5-12-21(20)34-24)23(33)29-14-16-7-6-10-18(13-16)17-8-2-1-3-9-17/h1-13,15H,14H2,(H,29,33). The van der Waals surface area contributed by atoms with Gasteiger partial charge in [0, 0.05) is 6.54 Å². The average molecular weight is 478 g/mol. The van der Waals surface area contributed by atoms with Gasteiger partial charge in [0.15, 0.2) is 5.69 Å². The normalized spacial score (nSPS) is 11.6. The van der Waals surface area contributed by atoms with Gasteiger partial charge in [-0.2, -0.15) is 18.3 Å².